The molecule has 0 aliphatic carbocycles. The average molecular weight is 277 g/mol. The third-order valence-electron chi connectivity index (χ3n) is 2.88. The van der Waals surface area contributed by atoms with E-state index in [0.29, 0.717) is 17.4 Å². The van der Waals surface area contributed by atoms with Crippen LogP contribution >= 0.6 is 11.6 Å². The summed E-state index contributed by atoms with van der Waals surface area (Å²) in [5.41, 5.74) is 8.69. The predicted molar refractivity (Wildman–Crippen MR) is 77.8 cm³/mol. The van der Waals surface area contributed by atoms with Gasteiger partial charge in [-0.05, 0) is 42.7 Å². The van der Waals surface area contributed by atoms with Crippen molar-refractivity contribution in [1.29, 1.82) is 0 Å². The lowest BCUT2D eigenvalue weighted by Gasteiger charge is -2.10. The number of hydrogen-bond donors (Lipinski definition) is 1. The number of aromatic nitrogens is 1. The van der Waals surface area contributed by atoms with Gasteiger partial charge in [0, 0.05) is 23.3 Å². The van der Waals surface area contributed by atoms with Crippen molar-refractivity contribution in [1.82, 2.24) is 4.98 Å². The highest BCUT2D eigenvalue weighted by atomic mass is 35.5. The number of ether oxygens (including phenoxy) is 1. The second kappa shape index (κ2) is 6.04. The van der Waals surface area contributed by atoms with E-state index in [2.05, 4.69) is 11.9 Å². The fourth-order valence-electron chi connectivity index (χ4n) is 1.77. The van der Waals surface area contributed by atoms with Crippen molar-refractivity contribution in [2.75, 3.05) is 0 Å². The second-order valence-electron chi connectivity index (χ2n) is 4.37. The van der Waals surface area contributed by atoms with E-state index < -0.39 is 0 Å². The summed E-state index contributed by atoms with van der Waals surface area (Å²) in [6.07, 6.45) is 0.846. The van der Waals surface area contributed by atoms with Gasteiger partial charge in [-0.15, -0.1) is 0 Å². The molecule has 0 aliphatic rings. The number of hydrogen-bond acceptors (Lipinski definition) is 3. The number of aryl methyl sites for hydroxylation is 2. The van der Waals surface area contributed by atoms with E-state index in [4.69, 9.17) is 22.1 Å². The fraction of sp³-hybridized carbons (Fsp3) is 0.267. The molecule has 0 saturated carbocycles. The first-order chi connectivity index (χ1) is 9.12. The Labute approximate surface area is 118 Å². The maximum absolute atomic E-state index is 5.98. The first-order valence-corrected chi connectivity index (χ1v) is 6.64. The van der Waals surface area contributed by atoms with Crippen molar-refractivity contribution < 1.29 is 4.74 Å². The maximum atomic E-state index is 5.98. The van der Waals surface area contributed by atoms with Gasteiger partial charge in [-0.3, -0.25) is 0 Å². The number of benzene rings is 1. The zero-order chi connectivity index (χ0) is 13.8. The second-order valence-corrected chi connectivity index (χ2v) is 4.81. The number of nitrogens with zero attached hydrogens (tertiary/aromatic N) is 1. The normalized spacial score (nSPS) is 10.5. The van der Waals surface area contributed by atoms with Crippen molar-refractivity contribution in [2.45, 2.75) is 26.8 Å². The molecule has 2 aromatic rings. The van der Waals surface area contributed by atoms with Gasteiger partial charge >= 0.3 is 0 Å². The quantitative estimate of drug-likeness (QED) is 0.922. The topological polar surface area (TPSA) is 48.1 Å². The Bertz CT molecular complexity index is 562. The highest BCUT2D eigenvalue weighted by Crippen LogP contribution is 2.27. The van der Waals surface area contributed by atoms with Gasteiger partial charge in [0.1, 0.15) is 5.75 Å². The summed E-state index contributed by atoms with van der Waals surface area (Å²) in [5, 5.41) is 0.645. The highest BCUT2D eigenvalue weighted by molar-refractivity contribution is 6.30. The molecule has 0 amide bonds. The molecule has 0 spiro atoms. The zero-order valence-corrected chi connectivity index (χ0v) is 11.9. The van der Waals surface area contributed by atoms with Crippen LogP contribution in [0.15, 0.2) is 30.3 Å². The Kier molecular flexibility index (Phi) is 4.40. The molecule has 19 heavy (non-hydrogen) atoms. The minimum atomic E-state index is 0.473. The minimum absolute atomic E-state index is 0.473. The van der Waals surface area contributed by atoms with Crippen LogP contribution in [0.5, 0.6) is 11.6 Å². The summed E-state index contributed by atoms with van der Waals surface area (Å²) < 4.78 is 5.82. The van der Waals surface area contributed by atoms with Crippen LogP contribution in [-0.4, -0.2) is 4.98 Å². The Hall–Kier alpha value is -1.58. The van der Waals surface area contributed by atoms with Crippen molar-refractivity contribution >= 4 is 11.6 Å². The largest absolute Gasteiger partial charge is 0.439 e. The smallest absolute Gasteiger partial charge is 0.219 e. The molecule has 0 aliphatic heterocycles. The van der Waals surface area contributed by atoms with Crippen LogP contribution in [0.25, 0.3) is 0 Å². The molecule has 0 radical (unpaired) electrons. The van der Waals surface area contributed by atoms with Crippen LogP contribution in [0, 0.1) is 6.92 Å². The molecule has 1 heterocycles. The van der Waals surface area contributed by atoms with E-state index in [1.165, 1.54) is 0 Å². The molecule has 4 heteroatoms. The van der Waals surface area contributed by atoms with Crippen LogP contribution in [0.2, 0.25) is 5.02 Å². The lowest BCUT2D eigenvalue weighted by atomic mass is 10.2. The van der Waals surface area contributed by atoms with Gasteiger partial charge < -0.3 is 10.5 Å². The summed E-state index contributed by atoms with van der Waals surface area (Å²) in [6.45, 7) is 4.50. The molecule has 0 saturated heterocycles. The molecule has 2 N–H and O–H groups in total. The standard InChI is InChI=1S/C15H17ClN2O/c1-3-13-6-11(9-17)7-15(18-13)19-14-8-12(16)5-4-10(14)2/h4-8H,3,9,17H2,1-2H3. The van der Waals surface area contributed by atoms with E-state index in [-0.39, 0.29) is 0 Å². The van der Waals surface area contributed by atoms with Gasteiger partial charge in [0.15, 0.2) is 0 Å². The van der Waals surface area contributed by atoms with Crippen LogP contribution in [0.4, 0.5) is 0 Å². The third kappa shape index (κ3) is 3.46. The summed E-state index contributed by atoms with van der Waals surface area (Å²) >= 11 is 5.98. The first kappa shape index (κ1) is 13.8. The van der Waals surface area contributed by atoms with Gasteiger partial charge in [0.25, 0.3) is 0 Å². The van der Waals surface area contributed by atoms with Crippen molar-refractivity contribution in [3.8, 4) is 11.6 Å². The van der Waals surface area contributed by atoms with Gasteiger partial charge in [-0.1, -0.05) is 24.6 Å². The Morgan fingerprint density at radius 3 is 2.74 bits per heavy atom. The molecular formula is C15H17ClN2O. The van der Waals surface area contributed by atoms with E-state index in [1.54, 1.807) is 6.07 Å². The van der Waals surface area contributed by atoms with Crippen LogP contribution in [0.1, 0.15) is 23.7 Å². The van der Waals surface area contributed by atoms with Crippen molar-refractivity contribution in [3.63, 3.8) is 0 Å². The Balaban J connectivity index is 2.34. The van der Waals surface area contributed by atoms with Gasteiger partial charge in [0.2, 0.25) is 5.88 Å². The molecular weight excluding hydrogens is 260 g/mol. The van der Waals surface area contributed by atoms with E-state index in [1.807, 2.05) is 31.2 Å². The summed E-state index contributed by atoms with van der Waals surface area (Å²) in [7, 11) is 0. The molecule has 0 unspecified atom stereocenters. The fourth-order valence-corrected chi connectivity index (χ4v) is 1.93. The average Bonchev–Trinajstić information content (AvgIpc) is 2.42. The van der Waals surface area contributed by atoms with Crippen LogP contribution in [0.3, 0.4) is 0 Å². The first-order valence-electron chi connectivity index (χ1n) is 6.26. The zero-order valence-electron chi connectivity index (χ0n) is 11.1. The molecule has 1 aromatic heterocycles. The maximum Gasteiger partial charge on any atom is 0.219 e. The summed E-state index contributed by atoms with van der Waals surface area (Å²) in [5.74, 6) is 1.28. The number of halogens is 1. The minimum Gasteiger partial charge on any atom is -0.439 e. The monoisotopic (exact) mass is 276 g/mol. The molecule has 3 nitrogen and oxygen atoms in total. The van der Waals surface area contributed by atoms with Crippen molar-refractivity contribution in [3.05, 3.63) is 52.2 Å². The van der Waals surface area contributed by atoms with Gasteiger partial charge in [-0.2, -0.15) is 0 Å². The molecule has 0 atom stereocenters. The van der Waals surface area contributed by atoms with E-state index >= 15 is 0 Å². The van der Waals surface area contributed by atoms with E-state index in [0.717, 1.165) is 29.0 Å². The number of pyridine rings is 1. The van der Waals surface area contributed by atoms with Crippen LogP contribution in [-0.2, 0) is 13.0 Å². The number of rotatable bonds is 4. The SMILES string of the molecule is CCc1cc(CN)cc(Oc2cc(Cl)ccc2C)n1. The molecule has 0 bridgehead atoms. The van der Waals surface area contributed by atoms with Crippen molar-refractivity contribution in [2.24, 2.45) is 5.73 Å². The highest BCUT2D eigenvalue weighted by Gasteiger charge is 2.06. The van der Waals surface area contributed by atoms with Gasteiger partial charge in [0.05, 0.1) is 0 Å². The lowest BCUT2D eigenvalue weighted by Crippen LogP contribution is -2.01. The summed E-state index contributed by atoms with van der Waals surface area (Å²) in [4.78, 5) is 4.45. The molecule has 0 fully saturated rings. The Morgan fingerprint density at radius 1 is 1.26 bits per heavy atom. The molecule has 1 aromatic carbocycles. The predicted octanol–water partition coefficient (Wildman–Crippen LogP) is 3.86. The van der Waals surface area contributed by atoms with Crippen LogP contribution < -0.4 is 10.5 Å². The van der Waals surface area contributed by atoms with E-state index in [9.17, 15) is 0 Å². The lowest BCUT2D eigenvalue weighted by molar-refractivity contribution is 0.456. The van der Waals surface area contributed by atoms with Gasteiger partial charge in [-0.25, -0.2) is 4.98 Å². The molecule has 2 rings (SSSR count). The summed E-state index contributed by atoms with van der Waals surface area (Å²) in [6, 6.07) is 9.41. The number of nitrogens with two attached hydrogens (primary N) is 1. The Morgan fingerprint density at radius 2 is 2.05 bits per heavy atom. The third-order valence-corrected chi connectivity index (χ3v) is 3.11. The molecule has 100 valence electrons.